The summed E-state index contributed by atoms with van der Waals surface area (Å²) in [5.41, 5.74) is 4.99. The summed E-state index contributed by atoms with van der Waals surface area (Å²) >= 11 is 0. The van der Waals surface area contributed by atoms with Gasteiger partial charge in [-0.05, 0) is 19.8 Å². The van der Waals surface area contributed by atoms with Crippen molar-refractivity contribution < 1.29 is 14.1 Å². The fraction of sp³-hybridized carbons (Fsp3) is 0.833. The summed E-state index contributed by atoms with van der Waals surface area (Å²) in [5, 5.41) is 2.21. The van der Waals surface area contributed by atoms with Gasteiger partial charge in [-0.25, -0.2) is 4.79 Å². The lowest BCUT2D eigenvalue weighted by Crippen LogP contribution is -2.47. The molecule has 1 aliphatic carbocycles. The number of carbonyl (C=O) groups is 2. The molecule has 5 heteroatoms. The van der Waals surface area contributed by atoms with E-state index in [0.717, 1.165) is 36.8 Å². The Labute approximate surface area is 103 Å². The summed E-state index contributed by atoms with van der Waals surface area (Å²) in [7, 11) is 4.34. The van der Waals surface area contributed by atoms with Gasteiger partial charge in [-0.15, -0.1) is 0 Å². The lowest BCUT2D eigenvalue weighted by atomic mass is 9.94. The number of carbonyl (C=O) groups excluding carboxylic acids is 2. The molecule has 0 aliphatic heterocycles. The maximum Gasteiger partial charge on any atom is 0.318 e. The van der Waals surface area contributed by atoms with Crippen molar-refractivity contribution in [1.29, 1.82) is 0 Å². The molecule has 17 heavy (non-hydrogen) atoms. The molecule has 2 atom stereocenters. The van der Waals surface area contributed by atoms with E-state index < -0.39 is 6.03 Å². The molecular weight excluding hydrogens is 218 g/mol. The average molecular weight is 242 g/mol. The zero-order chi connectivity index (χ0) is 13.1. The SMILES string of the molecule is CC[N+](C)(C)CC1CCCC1C(=O)NC(N)=O. The molecule has 1 fully saturated rings. The quantitative estimate of drug-likeness (QED) is 0.712. The van der Waals surface area contributed by atoms with Gasteiger partial charge >= 0.3 is 6.03 Å². The van der Waals surface area contributed by atoms with Crippen LogP contribution in [-0.4, -0.2) is 43.6 Å². The van der Waals surface area contributed by atoms with E-state index in [4.69, 9.17) is 5.73 Å². The minimum Gasteiger partial charge on any atom is -0.351 e. The van der Waals surface area contributed by atoms with Gasteiger partial charge in [0, 0.05) is 11.8 Å². The topological polar surface area (TPSA) is 72.2 Å². The van der Waals surface area contributed by atoms with E-state index >= 15 is 0 Å². The number of nitrogens with zero attached hydrogens (tertiary/aromatic N) is 1. The second-order valence-electron chi connectivity index (χ2n) is 5.59. The van der Waals surface area contributed by atoms with Gasteiger partial charge < -0.3 is 10.2 Å². The smallest absolute Gasteiger partial charge is 0.318 e. The first-order valence-corrected chi connectivity index (χ1v) is 6.28. The molecule has 0 spiro atoms. The van der Waals surface area contributed by atoms with E-state index in [0.29, 0.717) is 5.92 Å². The maximum absolute atomic E-state index is 11.8. The van der Waals surface area contributed by atoms with E-state index in [1.165, 1.54) is 0 Å². The molecule has 2 unspecified atom stereocenters. The molecule has 1 rings (SSSR count). The van der Waals surface area contributed by atoms with Crippen molar-refractivity contribution in [3.05, 3.63) is 0 Å². The van der Waals surface area contributed by atoms with E-state index in [-0.39, 0.29) is 11.8 Å². The van der Waals surface area contributed by atoms with E-state index in [2.05, 4.69) is 26.3 Å². The third-order valence-electron chi connectivity index (χ3n) is 3.83. The average Bonchev–Trinajstić information content (AvgIpc) is 2.64. The number of hydrogen-bond acceptors (Lipinski definition) is 2. The first kappa shape index (κ1) is 14.0. The Bertz CT molecular complexity index is 302. The summed E-state index contributed by atoms with van der Waals surface area (Å²) in [5.74, 6) is 0.117. The number of amides is 3. The molecule has 1 saturated carbocycles. The lowest BCUT2D eigenvalue weighted by Gasteiger charge is -2.32. The number of hydrogen-bond donors (Lipinski definition) is 2. The second-order valence-corrected chi connectivity index (χ2v) is 5.59. The maximum atomic E-state index is 11.8. The Morgan fingerprint density at radius 3 is 2.53 bits per heavy atom. The highest BCUT2D eigenvalue weighted by Gasteiger charge is 2.37. The number of primary amides is 1. The van der Waals surface area contributed by atoms with Crippen LogP contribution in [0.2, 0.25) is 0 Å². The van der Waals surface area contributed by atoms with Gasteiger partial charge in [0.05, 0.1) is 27.2 Å². The predicted molar refractivity (Wildman–Crippen MR) is 66.1 cm³/mol. The van der Waals surface area contributed by atoms with E-state index in [1.54, 1.807) is 0 Å². The molecule has 0 radical (unpaired) electrons. The predicted octanol–water partition coefficient (Wildman–Crippen LogP) is 0.694. The minimum absolute atomic E-state index is 0.0496. The molecule has 0 heterocycles. The Balaban J connectivity index is 2.60. The van der Waals surface area contributed by atoms with Crippen LogP contribution in [0.1, 0.15) is 26.2 Å². The van der Waals surface area contributed by atoms with Crippen molar-refractivity contribution in [2.75, 3.05) is 27.2 Å². The number of nitrogens with two attached hydrogens (primary N) is 1. The van der Waals surface area contributed by atoms with Crippen molar-refractivity contribution in [2.45, 2.75) is 26.2 Å². The molecule has 1 aliphatic rings. The Kier molecular flexibility index (Phi) is 4.51. The van der Waals surface area contributed by atoms with Gasteiger partial charge in [0.2, 0.25) is 5.91 Å². The van der Waals surface area contributed by atoms with Gasteiger partial charge in [-0.2, -0.15) is 0 Å². The molecule has 0 aromatic carbocycles. The van der Waals surface area contributed by atoms with Gasteiger partial charge in [-0.1, -0.05) is 6.42 Å². The molecule has 98 valence electrons. The standard InChI is InChI=1S/C12H23N3O2/c1-4-15(2,3)8-9-6-5-7-10(9)11(16)14-12(13)17/h9-10H,4-8H2,1-3H3,(H2-,13,14,16,17)/p+1. The number of nitrogens with one attached hydrogen (secondary N) is 1. The van der Waals surface area contributed by atoms with Crippen LogP contribution < -0.4 is 11.1 Å². The third kappa shape index (κ3) is 4.00. The Morgan fingerprint density at radius 2 is 2.00 bits per heavy atom. The summed E-state index contributed by atoms with van der Waals surface area (Å²) in [6, 6.07) is -0.745. The van der Waals surface area contributed by atoms with Crippen molar-refractivity contribution in [3.63, 3.8) is 0 Å². The number of quaternary nitrogens is 1. The molecular formula is C12H24N3O2+. The largest absolute Gasteiger partial charge is 0.351 e. The molecule has 0 bridgehead atoms. The molecule has 3 N–H and O–H groups in total. The summed E-state index contributed by atoms with van der Waals surface area (Å²) in [6.45, 7) is 4.17. The number of rotatable bonds is 4. The first-order valence-electron chi connectivity index (χ1n) is 6.28. The van der Waals surface area contributed by atoms with Crippen molar-refractivity contribution in [2.24, 2.45) is 17.6 Å². The summed E-state index contributed by atoms with van der Waals surface area (Å²) in [4.78, 5) is 22.5. The van der Waals surface area contributed by atoms with Crippen LogP contribution in [0.3, 0.4) is 0 Å². The number of imide groups is 1. The lowest BCUT2D eigenvalue weighted by molar-refractivity contribution is -0.892. The molecule has 0 aromatic rings. The molecule has 5 nitrogen and oxygen atoms in total. The molecule has 0 saturated heterocycles. The van der Waals surface area contributed by atoms with Crippen LogP contribution in [0.5, 0.6) is 0 Å². The van der Waals surface area contributed by atoms with Crippen molar-refractivity contribution >= 4 is 11.9 Å². The summed E-state index contributed by atoms with van der Waals surface area (Å²) < 4.78 is 0.908. The fourth-order valence-electron chi connectivity index (χ4n) is 2.58. The fourth-order valence-corrected chi connectivity index (χ4v) is 2.58. The minimum atomic E-state index is -0.745. The van der Waals surface area contributed by atoms with Crippen molar-refractivity contribution in [3.8, 4) is 0 Å². The van der Waals surface area contributed by atoms with Gasteiger partial charge in [0.15, 0.2) is 0 Å². The molecule has 0 aromatic heterocycles. The van der Waals surface area contributed by atoms with Gasteiger partial charge in [0.1, 0.15) is 0 Å². The van der Waals surface area contributed by atoms with Crippen LogP contribution in [0.15, 0.2) is 0 Å². The van der Waals surface area contributed by atoms with E-state index in [9.17, 15) is 9.59 Å². The van der Waals surface area contributed by atoms with Crippen LogP contribution in [-0.2, 0) is 4.79 Å². The zero-order valence-electron chi connectivity index (χ0n) is 11.0. The molecule has 3 amide bonds. The van der Waals surface area contributed by atoms with Crippen LogP contribution in [0, 0.1) is 11.8 Å². The van der Waals surface area contributed by atoms with Crippen LogP contribution in [0.4, 0.5) is 4.79 Å². The highest BCUT2D eigenvalue weighted by molar-refractivity contribution is 5.94. The third-order valence-corrected chi connectivity index (χ3v) is 3.83. The van der Waals surface area contributed by atoms with Crippen LogP contribution in [0.25, 0.3) is 0 Å². The monoisotopic (exact) mass is 242 g/mol. The van der Waals surface area contributed by atoms with Gasteiger partial charge in [-0.3, -0.25) is 10.1 Å². The summed E-state index contributed by atoms with van der Waals surface area (Å²) in [6.07, 6.45) is 3.00. The Hall–Kier alpha value is -1.10. The highest BCUT2D eigenvalue weighted by atomic mass is 16.2. The Morgan fingerprint density at radius 1 is 1.35 bits per heavy atom. The normalized spacial score (nSPS) is 24.6. The van der Waals surface area contributed by atoms with Gasteiger partial charge in [0.25, 0.3) is 0 Å². The van der Waals surface area contributed by atoms with E-state index in [1.807, 2.05) is 0 Å². The van der Waals surface area contributed by atoms with Crippen LogP contribution >= 0.6 is 0 Å². The first-order chi connectivity index (χ1) is 7.85. The van der Waals surface area contributed by atoms with Crippen molar-refractivity contribution in [1.82, 2.24) is 5.32 Å². The second kappa shape index (κ2) is 5.49. The zero-order valence-corrected chi connectivity index (χ0v) is 11.0. The highest BCUT2D eigenvalue weighted by Crippen LogP contribution is 2.33. The number of urea groups is 1.